The molecule has 0 aromatic carbocycles. The Morgan fingerprint density at radius 3 is 2.47 bits per heavy atom. The predicted octanol–water partition coefficient (Wildman–Crippen LogP) is 0.655. The maximum absolute atomic E-state index is 11.7. The molecular weight excluding hydrogens is 246 g/mol. The zero-order valence-electron chi connectivity index (χ0n) is 11.9. The van der Waals surface area contributed by atoms with Crippen molar-refractivity contribution in [1.82, 2.24) is 15.5 Å². The van der Waals surface area contributed by atoms with Gasteiger partial charge in [0.1, 0.15) is 0 Å². The lowest BCUT2D eigenvalue weighted by molar-refractivity contribution is -0.140. The molecule has 19 heavy (non-hydrogen) atoms. The highest BCUT2D eigenvalue weighted by molar-refractivity contribution is 5.76. The quantitative estimate of drug-likeness (QED) is 0.640. The van der Waals surface area contributed by atoms with Crippen molar-refractivity contribution in [2.75, 3.05) is 20.6 Å². The number of aliphatic carboxylic acids is 1. The van der Waals surface area contributed by atoms with Crippen LogP contribution in [0.4, 0.5) is 4.79 Å². The number of nitrogens with one attached hydrogen (secondary N) is 2. The van der Waals surface area contributed by atoms with Gasteiger partial charge in [-0.3, -0.25) is 4.79 Å². The fourth-order valence-corrected chi connectivity index (χ4v) is 1.66. The number of carbonyl (C=O) groups excluding carboxylic acids is 1. The summed E-state index contributed by atoms with van der Waals surface area (Å²) in [5.74, 6) is -1.35. The van der Waals surface area contributed by atoms with Crippen LogP contribution in [0.3, 0.4) is 0 Å². The topological polar surface area (TPSA) is 81.7 Å². The average Bonchev–Trinajstić information content (AvgIpc) is 2.75. The average molecular weight is 269 g/mol. The van der Waals surface area contributed by atoms with Crippen molar-refractivity contribution < 1.29 is 14.7 Å². The number of hydrogen-bond donors (Lipinski definition) is 3. The highest BCUT2D eigenvalue weighted by Gasteiger charge is 2.26. The van der Waals surface area contributed by atoms with Crippen molar-refractivity contribution in [1.29, 1.82) is 0 Å². The van der Waals surface area contributed by atoms with Gasteiger partial charge >= 0.3 is 12.0 Å². The number of rotatable bonds is 5. The Morgan fingerprint density at radius 2 is 2.00 bits per heavy atom. The highest BCUT2D eigenvalue weighted by Crippen LogP contribution is 2.17. The van der Waals surface area contributed by atoms with Gasteiger partial charge in [0.2, 0.25) is 0 Å². The predicted molar refractivity (Wildman–Crippen MR) is 73.0 cm³/mol. The van der Waals surface area contributed by atoms with Crippen LogP contribution in [0.25, 0.3) is 0 Å². The standard InChI is InChI=1S/C13H23N3O3/c1-13(2,16(3)4)8-14-12(19)15-10-6-5-9(7-10)11(17)18/h5-6,9-10H,7-8H2,1-4H3,(H,17,18)(H2,14,15,19). The molecule has 2 amide bonds. The van der Waals surface area contributed by atoms with Crippen LogP contribution >= 0.6 is 0 Å². The van der Waals surface area contributed by atoms with Crippen LogP contribution in [-0.4, -0.2) is 54.2 Å². The van der Waals surface area contributed by atoms with E-state index in [1.807, 2.05) is 32.8 Å². The fraction of sp³-hybridized carbons (Fsp3) is 0.692. The molecule has 0 saturated carbocycles. The molecule has 2 unspecified atom stereocenters. The van der Waals surface area contributed by atoms with Gasteiger partial charge in [0.15, 0.2) is 0 Å². The minimum atomic E-state index is -0.852. The monoisotopic (exact) mass is 269 g/mol. The van der Waals surface area contributed by atoms with E-state index >= 15 is 0 Å². The summed E-state index contributed by atoms with van der Waals surface area (Å²) in [6, 6.07) is -0.473. The van der Waals surface area contributed by atoms with Crippen molar-refractivity contribution in [2.24, 2.45) is 5.92 Å². The maximum Gasteiger partial charge on any atom is 0.315 e. The summed E-state index contributed by atoms with van der Waals surface area (Å²) in [5.41, 5.74) is -0.132. The lowest BCUT2D eigenvalue weighted by Crippen LogP contribution is -2.51. The molecule has 0 bridgehead atoms. The van der Waals surface area contributed by atoms with Crippen molar-refractivity contribution in [3.63, 3.8) is 0 Å². The molecule has 0 fully saturated rings. The van der Waals surface area contributed by atoms with Crippen LogP contribution in [0.15, 0.2) is 12.2 Å². The van der Waals surface area contributed by atoms with Crippen LogP contribution in [0.1, 0.15) is 20.3 Å². The first-order chi connectivity index (χ1) is 8.72. The number of carbonyl (C=O) groups is 2. The first-order valence-corrected chi connectivity index (χ1v) is 6.35. The molecule has 0 saturated heterocycles. The molecule has 108 valence electrons. The second-order valence-electron chi connectivity index (χ2n) is 5.71. The van der Waals surface area contributed by atoms with Gasteiger partial charge in [-0.25, -0.2) is 4.79 Å². The minimum absolute atomic E-state index is 0.132. The molecule has 0 radical (unpaired) electrons. The molecule has 1 rings (SSSR count). The SMILES string of the molecule is CN(C)C(C)(C)CNC(=O)NC1C=CC(C(=O)O)C1. The van der Waals surface area contributed by atoms with Gasteiger partial charge in [-0.15, -0.1) is 0 Å². The largest absolute Gasteiger partial charge is 0.481 e. The van der Waals surface area contributed by atoms with E-state index in [1.165, 1.54) is 0 Å². The molecule has 6 heteroatoms. The molecule has 6 nitrogen and oxygen atoms in total. The summed E-state index contributed by atoms with van der Waals surface area (Å²) in [5, 5.41) is 14.4. The number of urea groups is 1. The van der Waals surface area contributed by atoms with Gasteiger partial charge in [-0.05, 0) is 34.4 Å². The van der Waals surface area contributed by atoms with Crippen molar-refractivity contribution in [2.45, 2.75) is 31.8 Å². The summed E-state index contributed by atoms with van der Waals surface area (Å²) in [6.45, 7) is 4.58. The minimum Gasteiger partial charge on any atom is -0.481 e. The van der Waals surface area contributed by atoms with Crippen LogP contribution in [0, 0.1) is 5.92 Å². The Labute approximate surface area is 113 Å². The maximum atomic E-state index is 11.7. The lowest BCUT2D eigenvalue weighted by atomic mass is 10.0. The molecule has 3 N–H and O–H groups in total. The molecule has 2 atom stereocenters. The molecule has 0 heterocycles. The number of nitrogens with zero attached hydrogens (tertiary/aromatic N) is 1. The van der Waals surface area contributed by atoms with Crippen molar-refractivity contribution >= 4 is 12.0 Å². The van der Waals surface area contributed by atoms with Crippen molar-refractivity contribution in [3.05, 3.63) is 12.2 Å². The summed E-state index contributed by atoms with van der Waals surface area (Å²) in [4.78, 5) is 24.5. The lowest BCUT2D eigenvalue weighted by Gasteiger charge is -2.32. The number of carboxylic acids is 1. The van der Waals surface area contributed by atoms with Crippen molar-refractivity contribution in [3.8, 4) is 0 Å². The Balaban J connectivity index is 2.34. The number of amides is 2. The third kappa shape index (κ3) is 4.55. The third-order valence-corrected chi connectivity index (χ3v) is 3.61. The van der Waals surface area contributed by atoms with E-state index < -0.39 is 11.9 Å². The number of likely N-dealkylation sites (N-methyl/N-ethyl adjacent to an activating group) is 1. The molecule has 0 aliphatic heterocycles. The van der Waals surface area contributed by atoms with Crippen LogP contribution in [-0.2, 0) is 4.79 Å². The summed E-state index contributed by atoms with van der Waals surface area (Å²) in [7, 11) is 3.91. The van der Waals surface area contributed by atoms with E-state index in [1.54, 1.807) is 12.2 Å². The van der Waals surface area contributed by atoms with E-state index in [9.17, 15) is 9.59 Å². The van der Waals surface area contributed by atoms with Crippen LogP contribution < -0.4 is 10.6 Å². The van der Waals surface area contributed by atoms with Gasteiger partial charge in [0.25, 0.3) is 0 Å². The molecule has 1 aliphatic rings. The van der Waals surface area contributed by atoms with Gasteiger partial charge in [0.05, 0.1) is 12.0 Å². The van der Waals surface area contributed by atoms with Crippen LogP contribution in [0.2, 0.25) is 0 Å². The van der Waals surface area contributed by atoms with Gasteiger partial charge in [0, 0.05) is 12.1 Å². The van der Waals surface area contributed by atoms with E-state index in [0.717, 1.165) is 0 Å². The second-order valence-corrected chi connectivity index (χ2v) is 5.71. The van der Waals surface area contributed by atoms with E-state index in [4.69, 9.17) is 5.11 Å². The molecule has 0 aromatic heterocycles. The highest BCUT2D eigenvalue weighted by atomic mass is 16.4. The number of hydrogen-bond acceptors (Lipinski definition) is 3. The van der Waals surface area contributed by atoms with Crippen LogP contribution in [0.5, 0.6) is 0 Å². The zero-order chi connectivity index (χ0) is 14.6. The first kappa shape index (κ1) is 15.5. The van der Waals surface area contributed by atoms with Gasteiger partial charge in [-0.1, -0.05) is 12.2 Å². The smallest absolute Gasteiger partial charge is 0.315 e. The Bertz CT molecular complexity index is 377. The molecule has 0 spiro atoms. The Hall–Kier alpha value is -1.56. The number of carboxylic acid groups (broad SMARTS) is 1. The summed E-state index contributed by atoms with van der Waals surface area (Å²) in [6.07, 6.45) is 3.77. The second kappa shape index (κ2) is 6.06. The Morgan fingerprint density at radius 1 is 1.37 bits per heavy atom. The van der Waals surface area contributed by atoms with E-state index in [-0.39, 0.29) is 17.6 Å². The normalized spacial score (nSPS) is 22.6. The third-order valence-electron chi connectivity index (χ3n) is 3.61. The van der Waals surface area contributed by atoms with Gasteiger partial charge < -0.3 is 20.6 Å². The fourth-order valence-electron chi connectivity index (χ4n) is 1.66. The molecule has 1 aliphatic carbocycles. The molecule has 0 aromatic rings. The molecular formula is C13H23N3O3. The van der Waals surface area contributed by atoms with Gasteiger partial charge in [-0.2, -0.15) is 0 Å². The zero-order valence-corrected chi connectivity index (χ0v) is 11.9. The van der Waals surface area contributed by atoms with E-state index in [2.05, 4.69) is 10.6 Å². The summed E-state index contributed by atoms with van der Waals surface area (Å²) >= 11 is 0. The van der Waals surface area contributed by atoms with E-state index in [0.29, 0.717) is 13.0 Å². The summed E-state index contributed by atoms with van der Waals surface area (Å²) < 4.78 is 0. The Kier molecular flexibility index (Phi) is 4.94. The first-order valence-electron chi connectivity index (χ1n) is 6.35.